The first kappa shape index (κ1) is 19.3. The molecule has 0 spiro atoms. The zero-order chi connectivity index (χ0) is 19.9. The van der Waals surface area contributed by atoms with E-state index in [1.165, 1.54) is 59.0 Å². The average Bonchev–Trinajstić information content (AvgIpc) is 3.15. The lowest BCUT2D eigenvalue weighted by atomic mass is 9.96. The summed E-state index contributed by atoms with van der Waals surface area (Å²) < 4.78 is 2.14. The molecule has 2 aromatic rings. The first-order valence-electron chi connectivity index (χ1n) is 10.7. The number of aromatic nitrogens is 1. The molecule has 0 radical (unpaired) electrons. The summed E-state index contributed by atoms with van der Waals surface area (Å²) in [6, 6.07) is 6.96. The summed E-state index contributed by atoms with van der Waals surface area (Å²) in [7, 11) is -1.43. The molecule has 1 nitrogen and oxygen atoms in total. The number of allylic oxidation sites excluding steroid dienone is 2. The molecule has 1 aromatic carbocycles. The Balaban J connectivity index is 2.07. The van der Waals surface area contributed by atoms with Gasteiger partial charge in [0, 0.05) is 16.5 Å². The van der Waals surface area contributed by atoms with Crippen molar-refractivity contribution >= 4 is 19.3 Å². The molecule has 28 heavy (non-hydrogen) atoms. The lowest BCUT2D eigenvalue weighted by molar-refractivity contribution is -0.509. The Kier molecular flexibility index (Phi) is 5.09. The molecule has 0 saturated heterocycles. The molecule has 0 N–H and O–H groups in total. The van der Waals surface area contributed by atoms with Crippen molar-refractivity contribution in [2.75, 3.05) is 0 Å². The predicted molar refractivity (Wildman–Crippen MR) is 122 cm³/mol. The third-order valence-corrected chi connectivity index (χ3v) is 8.50. The Morgan fingerprint density at radius 2 is 1.93 bits per heavy atom. The van der Waals surface area contributed by atoms with Crippen LogP contribution in [0.2, 0.25) is 19.6 Å². The topological polar surface area (TPSA) is 5.90 Å². The third kappa shape index (κ3) is 3.63. The molecule has 0 bridgehead atoms. The molecule has 0 unspecified atom stereocenters. The van der Waals surface area contributed by atoms with Gasteiger partial charge in [0.2, 0.25) is 5.35 Å². The monoisotopic (exact) mass is 387 g/mol. The zero-order valence-corrected chi connectivity index (χ0v) is 18.9. The number of pyridine rings is 1. The number of aryl methyl sites for hydroxylation is 1. The third-order valence-electron chi connectivity index (χ3n) is 6.44. The largest absolute Gasteiger partial charge is 0.209 e. The highest BCUT2D eigenvalue weighted by atomic mass is 28.3. The molecule has 2 aliphatic rings. The lowest BCUT2D eigenvalue weighted by Gasteiger charge is -2.20. The maximum Gasteiger partial charge on any atom is 0.209 e. The van der Waals surface area contributed by atoms with Crippen molar-refractivity contribution in [2.45, 2.75) is 58.7 Å². The fraction of sp³-hybridized carbons (Fsp3) is 0.385. The quantitative estimate of drug-likeness (QED) is 0.418. The zero-order valence-electron chi connectivity index (χ0n) is 17.9. The molecule has 2 heteroatoms. The van der Waals surface area contributed by atoms with Gasteiger partial charge < -0.3 is 0 Å². The summed E-state index contributed by atoms with van der Waals surface area (Å²) >= 11 is 0. The van der Waals surface area contributed by atoms with E-state index in [1.54, 1.807) is 10.8 Å². The van der Waals surface area contributed by atoms with Crippen LogP contribution in [0.1, 0.15) is 42.4 Å². The van der Waals surface area contributed by atoms with Gasteiger partial charge in [-0.15, -0.1) is 42.3 Å². The van der Waals surface area contributed by atoms with Gasteiger partial charge in [0.25, 0.3) is 0 Å². The second-order valence-corrected chi connectivity index (χ2v) is 14.7. The SMILES string of the molecule is C=[n+]1cc([Si](C)(C)C)c(CC2CCCC2)cc1=c1c(C)ccc2c1=CC=C[CH-]2. The minimum absolute atomic E-state index is 0.859. The van der Waals surface area contributed by atoms with Crippen molar-refractivity contribution < 1.29 is 4.24 Å². The fourth-order valence-electron chi connectivity index (χ4n) is 4.94. The summed E-state index contributed by atoms with van der Waals surface area (Å²) in [5, 5.41) is 5.50. The van der Waals surface area contributed by atoms with Crippen LogP contribution in [0.5, 0.6) is 0 Å². The van der Waals surface area contributed by atoms with Gasteiger partial charge in [-0.25, -0.2) is 0 Å². The number of benzene rings is 1. The van der Waals surface area contributed by atoms with E-state index in [0.717, 1.165) is 5.92 Å². The van der Waals surface area contributed by atoms with E-state index in [4.69, 9.17) is 0 Å². The van der Waals surface area contributed by atoms with Gasteiger partial charge in [0.05, 0.1) is 8.07 Å². The second-order valence-electron chi connectivity index (χ2n) is 9.65. The minimum Gasteiger partial charge on any atom is -0.174 e. The van der Waals surface area contributed by atoms with Crippen molar-refractivity contribution in [2.24, 2.45) is 5.92 Å². The van der Waals surface area contributed by atoms with Gasteiger partial charge in [-0.3, -0.25) is 0 Å². The Bertz CT molecular complexity index is 1130. The van der Waals surface area contributed by atoms with Crippen molar-refractivity contribution in [3.05, 3.63) is 82.2 Å². The Morgan fingerprint density at radius 1 is 1.18 bits per heavy atom. The van der Waals surface area contributed by atoms with E-state index in [9.17, 15) is 0 Å². The highest BCUT2D eigenvalue weighted by Crippen LogP contribution is 2.28. The molecular formula is C26H33NSi. The molecule has 1 fully saturated rings. The maximum atomic E-state index is 4.43. The van der Waals surface area contributed by atoms with Crippen molar-refractivity contribution in [3.63, 3.8) is 0 Å². The van der Waals surface area contributed by atoms with Gasteiger partial charge in [0.15, 0.2) is 6.20 Å². The van der Waals surface area contributed by atoms with Crippen LogP contribution in [-0.2, 0) is 6.42 Å². The van der Waals surface area contributed by atoms with E-state index >= 15 is 0 Å². The van der Waals surface area contributed by atoms with Gasteiger partial charge >= 0.3 is 0 Å². The molecule has 4 rings (SSSR count). The molecule has 0 aliphatic heterocycles. The second kappa shape index (κ2) is 7.40. The Hall–Kier alpha value is -2.06. The predicted octanol–water partition coefficient (Wildman–Crippen LogP) is 4.39. The fourth-order valence-corrected chi connectivity index (χ4v) is 6.62. The van der Waals surface area contributed by atoms with Gasteiger partial charge in [0.1, 0.15) is 6.72 Å². The van der Waals surface area contributed by atoms with E-state index in [1.807, 2.05) is 0 Å². The van der Waals surface area contributed by atoms with Crippen LogP contribution in [0.25, 0.3) is 6.08 Å². The number of hydrogen-bond donors (Lipinski definition) is 0. The standard InChI is InChI=1S/C26H33NSi/c1-19-14-15-21-12-8-9-13-23(21)26(19)24-17-22(16-20-10-6-7-11-20)25(18-27(24)2)28(3,4)5/h8-9,12-15,17-18,20H,2,6-7,10-11,16H2,1,3-5H3. The van der Waals surface area contributed by atoms with Crippen molar-refractivity contribution in [1.29, 1.82) is 0 Å². The Morgan fingerprint density at radius 3 is 2.64 bits per heavy atom. The summed E-state index contributed by atoms with van der Waals surface area (Å²) in [6.45, 7) is 14.0. The summed E-state index contributed by atoms with van der Waals surface area (Å²) in [6.07, 6.45) is 17.9. The lowest BCUT2D eigenvalue weighted by Crippen LogP contribution is -2.44. The highest BCUT2D eigenvalue weighted by molar-refractivity contribution is 6.88. The summed E-state index contributed by atoms with van der Waals surface area (Å²) in [5.41, 5.74) is 4.20. The van der Waals surface area contributed by atoms with Crippen LogP contribution in [0, 0.1) is 36.5 Å². The molecule has 1 heterocycles. The smallest absolute Gasteiger partial charge is 0.174 e. The van der Waals surface area contributed by atoms with E-state index in [2.05, 4.69) is 86.6 Å². The van der Waals surface area contributed by atoms with Crippen LogP contribution < -0.4 is 14.6 Å². The van der Waals surface area contributed by atoms with E-state index < -0.39 is 8.07 Å². The number of nitrogens with zero attached hydrogens (tertiary/aromatic N) is 1. The van der Waals surface area contributed by atoms with Crippen molar-refractivity contribution in [1.82, 2.24) is 0 Å². The maximum absolute atomic E-state index is 4.43. The molecule has 0 atom stereocenters. The molecule has 0 amide bonds. The molecular weight excluding hydrogens is 354 g/mol. The molecule has 1 aromatic heterocycles. The van der Waals surface area contributed by atoms with E-state index in [-0.39, 0.29) is 0 Å². The minimum atomic E-state index is -1.43. The van der Waals surface area contributed by atoms with E-state index in [0.29, 0.717) is 0 Å². The van der Waals surface area contributed by atoms with Crippen LogP contribution in [0.15, 0.2) is 36.5 Å². The normalized spacial score (nSPS) is 17.9. The first-order valence-corrected chi connectivity index (χ1v) is 14.2. The number of rotatable bonds is 3. The number of hydrogen-bond acceptors (Lipinski definition) is 0. The first-order chi connectivity index (χ1) is 13.3. The highest BCUT2D eigenvalue weighted by Gasteiger charge is 2.26. The van der Waals surface area contributed by atoms with Crippen LogP contribution in [-0.4, -0.2) is 8.07 Å². The van der Waals surface area contributed by atoms with Gasteiger partial charge in [-0.2, -0.15) is 4.24 Å². The van der Waals surface area contributed by atoms with Crippen LogP contribution in [0.3, 0.4) is 0 Å². The Labute approximate surface area is 170 Å². The number of fused-ring (bicyclic) bond motifs is 1. The molecule has 1 saturated carbocycles. The van der Waals surface area contributed by atoms with Crippen LogP contribution >= 0.6 is 0 Å². The summed E-state index contributed by atoms with van der Waals surface area (Å²) in [5.74, 6) is 0.859. The summed E-state index contributed by atoms with van der Waals surface area (Å²) in [4.78, 5) is 0. The molecule has 146 valence electrons. The van der Waals surface area contributed by atoms with Crippen molar-refractivity contribution in [3.8, 4) is 0 Å². The van der Waals surface area contributed by atoms with Gasteiger partial charge in [-0.1, -0.05) is 56.1 Å². The average molecular weight is 388 g/mol. The molecule has 2 aliphatic carbocycles. The van der Waals surface area contributed by atoms with Crippen LogP contribution in [0.4, 0.5) is 0 Å². The van der Waals surface area contributed by atoms with Gasteiger partial charge in [-0.05, 0) is 24.8 Å².